The third kappa shape index (κ3) is 3.32. The van der Waals surface area contributed by atoms with E-state index in [4.69, 9.17) is 0 Å². The van der Waals surface area contributed by atoms with Crippen LogP contribution < -0.4 is 5.32 Å². The van der Waals surface area contributed by atoms with Gasteiger partial charge in [0, 0.05) is 26.2 Å². The topological polar surface area (TPSA) is 35.6 Å². The lowest BCUT2D eigenvalue weighted by atomic mass is 10.3. The normalized spacial score (nSPS) is 17.9. The van der Waals surface area contributed by atoms with E-state index in [1.54, 1.807) is 0 Å². The lowest BCUT2D eigenvalue weighted by Gasteiger charge is -2.28. The molecule has 1 N–H and O–H groups in total. The summed E-state index contributed by atoms with van der Waals surface area (Å²) < 4.78 is 0. The summed E-state index contributed by atoms with van der Waals surface area (Å²) in [4.78, 5) is 15.6. The van der Waals surface area contributed by atoms with Crippen LogP contribution in [0.1, 0.15) is 6.92 Å². The maximum absolute atomic E-state index is 11.6. The number of rotatable bonds is 3. The molecule has 0 aromatic rings. The van der Waals surface area contributed by atoms with Crippen LogP contribution in [0.3, 0.4) is 0 Å². The van der Waals surface area contributed by atoms with Crippen molar-refractivity contribution in [3.63, 3.8) is 0 Å². The van der Waals surface area contributed by atoms with E-state index in [1.807, 2.05) is 16.8 Å². The van der Waals surface area contributed by atoms with Crippen molar-refractivity contribution < 1.29 is 4.79 Å². The van der Waals surface area contributed by atoms with Gasteiger partial charge in [-0.15, -0.1) is 0 Å². The molecule has 0 bridgehead atoms. The summed E-state index contributed by atoms with van der Waals surface area (Å²) in [5, 5.41) is 3.23. The van der Waals surface area contributed by atoms with Gasteiger partial charge in [0.15, 0.2) is 0 Å². The highest BCUT2D eigenvalue weighted by atomic mass is 16.2. The third-order valence-electron chi connectivity index (χ3n) is 2.41. The van der Waals surface area contributed by atoms with E-state index in [-0.39, 0.29) is 5.91 Å². The smallest absolute Gasteiger partial charge is 0.236 e. The van der Waals surface area contributed by atoms with Crippen LogP contribution in [0.2, 0.25) is 0 Å². The summed E-state index contributed by atoms with van der Waals surface area (Å²) >= 11 is 0. The molecule has 0 aliphatic carbocycles. The zero-order chi connectivity index (χ0) is 9.68. The Bertz CT molecular complexity index is 166. The Labute approximate surface area is 79.9 Å². The highest BCUT2D eigenvalue weighted by Crippen LogP contribution is 1.94. The van der Waals surface area contributed by atoms with Gasteiger partial charge in [0.2, 0.25) is 5.91 Å². The first-order valence-electron chi connectivity index (χ1n) is 4.91. The second-order valence-electron chi connectivity index (χ2n) is 3.46. The number of piperazine rings is 1. The number of hydrogen-bond donors (Lipinski definition) is 1. The van der Waals surface area contributed by atoms with Gasteiger partial charge < -0.3 is 10.2 Å². The fraction of sp³-hybridized carbons (Fsp3) is 0.889. The van der Waals surface area contributed by atoms with Gasteiger partial charge in [0.25, 0.3) is 0 Å². The van der Waals surface area contributed by atoms with Crippen molar-refractivity contribution >= 4 is 5.91 Å². The maximum Gasteiger partial charge on any atom is 0.236 e. The van der Waals surface area contributed by atoms with E-state index in [2.05, 4.69) is 12.2 Å². The first-order valence-corrected chi connectivity index (χ1v) is 4.91. The van der Waals surface area contributed by atoms with Gasteiger partial charge in [-0.2, -0.15) is 0 Å². The number of nitrogens with one attached hydrogen (secondary N) is 1. The van der Waals surface area contributed by atoms with Gasteiger partial charge in [0.05, 0.1) is 6.54 Å². The van der Waals surface area contributed by atoms with Gasteiger partial charge in [-0.3, -0.25) is 9.69 Å². The molecular formula is C9H19N3O. The van der Waals surface area contributed by atoms with E-state index in [0.29, 0.717) is 6.54 Å². The zero-order valence-corrected chi connectivity index (χ0v) is 8.55. The molecule has 4 nitrogen and oxygen atoms in total. The Morgan fingerprint density at radius 3 is 2.62 bits per heavy atom. The molecule has 76 valence electrons. The molecular weight excluding hydrogens is 166 g/mol. The lowest BCUT2D eigenvalue weighted by Crippen LogP contribution is -2.49. The predicted octanol–water partition coefficient (Wildman–Crippen LogP) is -0.630. The molecule has 0 aromatic heterocycles. The third-order valence-corrected chi connectivity index (χ3v) is 2.41. The maximum atomic E-state index is 11.6. The fourth-order valence-electron chi connectivity index (χ4n) is 1.36. The van der Waals surface area contributed by atoms with Crippen molar-refractivity contribution in [3.8, 4) is 0 Å². The summed E-state index contributed by atoms with van der Waals surface area (Å²) in [7, 11) is 1.97. The van der Waals surface area contributed by atoms with Crippen LogP contribution in [0.4, 0.5) is 0 Å². The van der Waals surface area contributed by atoms with Crippen LogP contribution in [0.25, 0.3) is 0 Å². The van der Waals surface area contributed by atoms with Gasteiger partial charge >= 0.3 is 0 Å². The molecule has 0 atom stereocenters. The van der Waals surface area contributed by atoms with Crippen LogP contribution in [-0.4, -0.2) is 62.0 Å². The van der Waals surface area contributed by atoms with Crippen molar-refractivity contribution in [2.75, 3.05) is 46.3 Å². The number of carbonyl (C=O) groups excluding carboxylic acids is 1. The quantitative estimate of drug-likeness (QED) is 0.636. The molecule has 1 aliphatic rings. The Kier molecular flexibility index (Phi) is 4.18. The number of likely N-dealkylation sites (N-methyl/N-ethyl adjacent to an activating group) is 1. The molecule has 0 saturated carbocycles. The van der Waals surface area contributed by atoms with Crippen molar-refractivity contribution in [2.24, 2.45) is 0 Å². The molecule has 4 heteroatoms. The van der Waals surface area contributed by atoms with E-state index in [0.717, 1.165) is 32.7 Å². The van der Waals surface area contributed by atoms with E-state index >= 15 is 0 Å². The second kappa shape index (κ2) is 5.19. The first-order chi connectivity index (χ1) is 6.24. The van der Waals surface area contributed by atoms with Gasteiger partial charge in [-0.25, -0.2) is 0 Å². The molecule has 0 radical (unpaired) electrons. The number of nitrogens with zero attached hydrogens (tertiary/aromatic N) is 2. The zero-order valence-electron chi connectivity index (χ0n) is 8.55. The summed E-state index contributed by atoms with van der Waals surface area (Å²) in [5.41, 5.74) is 0. The van der Waals surface area contributed by atoms with Crippen LogP contribution in [-0.2, 0) is 4.79 Å². The molecule has 0 unspecified atom stereocenters. The molecule has 0 spiro atoms. The monoisotopic (exact) mass is 185 g/mol. The van der Waals surface area contributed by atoms with Crippen molar-refractivity contribution in [3.05, 3.63) is 0 Å². The Morgan fingerprint density at radius 2 is 2.08 bits per heavy atom. The van der Waals surface area contributed by atoms with E-state index in [9.17, 15) is 4.79 Å². The van der Waals surface area contributed by atoms with Gasteiger partial charge in [-0.1, -0.05) is 6.92 Å². The van der Waals surface area contributed by atoms with E-state index < -0.39 is 0 Å². The largest absolute Gasteiger partial charge is 0.339 e. The highest BCUT2D eigenvalue weighted by Gasteiger charge is 2.16. The lowest BCUT2D eigenvalue weighted by molar-refractivity contribution is -0.132. The highest BCUT2D eigenvalue weighted by molar-refractivity contribution is 5.78. The standard InChI is InChI=1S/C9H19N3O/c1-3-11(2)8-9(13)12-6-4-10-5-7-12/h10H,3-8H2,1-2H3. The SMILES string of the molecule is CCN(C)CC(=O)N1CCNCC1. The minimum Gasteiger partial charge on any atom is -0.339 e. The molecule has 1 heterocycles. The molecule has 1 aliphatic heterocycles. The Morgan fingerprint density at radius 1 is 1.46 bits per heavy atom. The van der Waals surface area contributed by atoms with Gasteiger partial charge in [-0.05, 0) is 13.6 Å². The number of hydrogen-bond acceptors (Lipinski definition) is 3. The predicted molar refractivity (Wildman–Crippen MR) is 52.6 cm³/mol. The average molecular weight is 185 g/mol. The van der Waals surface area contributed by atoms with Crippen LogP contribution >= 0.6 is 0 Å². The average Bonchev–Trinajstić information content (AvgIpc) is 2.19. The van der Waals surface area contributed by atoms with Crippen molar-refractivity contribution in [1.29, 1.82) is 0 Å². The fourth-order valence-corrected chi connectivity index (χ4v) is 1.36. The van der Waals surface area contributed by atoms with Gasteiger partial charge in [0.1, 0.15) is 0 Å². The molecule has 1 rings (SSSR count). The molecule has 0 aromatic carbocycles. The van der Waals surface area contributed by atoms with Crippen molar-refractivity contribution in [2.45, 2.75) is 6.92 Å². The minimum absolute atomic E-state index is 0.255. The van der Waals surface area contributed by atoms with Crippen LogP contribution in [0, 0.1) is 0 Å². The summed E-state index contributed by atoms with van der Waals surface area (Å²) in [5.74, 6) is 0.255. The molecule has 13 heavy (non-hydrogen) atoms. The molecule has 1 saturated heterocycles. The minimum atomic E-state index is 0.255. The van der Waals surface area contributed by atoms with Crippen LogP contribution in [0.5, 0.6) is 0 Å². The van der Waals surface area contributed by atoms with E-state index in [1.165, 1.54) is 0 Å². The Balaban J connectivity index is 2.29. The number of carbonyl (C=O) groups is 1. The van der Waals surface area contributed by atoms with Crippen molar-refractivity contribution in [1.82, 2.24) is 15.1 Å². The Hall–Kier alpha value is -0.610. The molecule has 1 fully saturated rings. The number of amides is 1. The van der Waals surface area contributed by atoms with Crippen LogP contribution in [0.15, 0.2) is 0 Å². The summed E-state index contributed by atoms with van der Waals surface area (Å²) in [6.45, 7) is 7.12. The second-order valence-corrected chi connectivity index (χ2v) is 3.46. The summed E-state index contributed by atoms with van der Waals surface area (Å²) in [6.07, 6.45) is 0. The summed E-state index contributed by atoms with van der Waals surface area (Å²) in [6, 6.07) is 0. The first kappa shape index (κ1) is 10.5. The molecule has 1 amide bonds.